The van der Waals surface area contributed by atoms with Crippen LogP contribution < -0.4 is 26.6 Å². The topological polar surface area (TPSA) is 192 Å². The van der Waals surface area contributed by atoms with E-state index in [9.17, 15) is 28.8 Å². The van der Waals surface area contributed by atoms with Gasteiger partial charge in [0.25, 0.3) is 0 Å². The molecule has 0 aromatic rings. The van der Waals surface area contributed by atoms with Crippen molar-refractivity contribution in [1.82, 2.24) is 26.6 Å². The molecule has 34 heavy (non-hydrogen) atoms. The summed E-state index contributed by atoms with van der Waals surface area (Å²) in [4.78, 5) is 71.1. The van der Waals surface area contributed by atoms with Crippen molar-refractivity contribution in [1.29, 1.82) is 0 Å². The predicted octanol–water partition coefficient (Wildman–Crippen LogP) is -0.890. The van der Waals surface area contributed by atoms with Gasteiger partial charge in [0.05, 0.1) is 13.1 Å². The highest BCUT2D eigenvalue weighted by molar-refractivity contribution is 5.93. The van der Waals surface area contributed by atoms with Crippen molar-refractivity contribution in [3.8, 4) is 0 Å². The molecule has 0 rings (SSSR count). The molecule has 194 valence electrons. The highest BCUT2D eigenvalue weighted by Crippen LogP contribution is 2.09. The lowest BCUT2D eigenvalue weighted by Crippen LogP contribution is -2.54. The van der Waals surface area contributed by atoms with E-state index in [1.54, 1.807) is 48.5 Å². The molecule has 0 aliphatic carbocycles. The number of ether oxygens (including phenoxy) is 1. The summed E-state index contributed by atoms with van der Waals surface area (Å²) in [5, 5.41) is 20.4. The molecular formula is C21H37N5O8. The Morgan fingerprint density at radius 3 is 1.59 bits per heavy atom. The van der Waals surface area contributed by atoms with Crippen molar-refractivity contribution in [3.63, 3.8) is 0 Å². The van der Waals surface area contributed by atoms with Gasteiger partial charge < -0.3 is 36.4 Å². The fourth-order valence-electron chi connectivity index (χ4n) is 2.52. The van der Waals surface area contributed by atoms with Crippen LogP contribution in [0.5, 0.6) is 0 Å². The number of carboxylic acids is 1. The van der Waals surface area contributed by atoms with Crippen LogP contribution >= 0.6 is 0 Å². The number of alkyl carbamates (subject to hydrolysis) is 1. The Kier molecular flexibility index (Phi) is 12.6. The van der Waals surface area contributed by atoms with Crippen molar-refractivity contribution < 1.29 is 38.6 Å². The Morgan fingerprint density at radius 1 is 0.706 bits per heavy atom. The minimum atomic E-state index is -1.22. The summed E-state index contributed by atoms with van der Waals surface area (Å²) in [6, 6.07) is -1.93. The molecule has 0 aromatic carbocycles. The van der Waals surface area contributed by atoms with Gasteiger partial charge in [0.1, 0.15) is 24.2 Å². The molecule has 0 saturated heterocycles. The third-order valence-corrected chi connectivity index (χ3v) is 4.17. The van der Waals surface area contributed by atoms with Crippen molar-refractivity contribution in [2.24, 2.45) is 11.8 Å². The molecule has 0 saturated carbocycles. The second-order valence-electron chi connectivity index (χ2n) is 9.26. The Morgan fingerprint density at radius 2 is 1.15 bits per heavy atom. The van der Waals surface area contributed by atoms with Crippen LogP contribution in [0.3, 0.4) is 0 Å². The normalized spacial score (nSPS) is 12.9. The average Bonchev–Trinajstić information content (AvgIpc) is 2.68. The summed E-state index contributed by atoms with van der Waals surface area (Å²) in [5.74, 6) is -4.45. The van der Waals surface area contributed by atoms with Crippen LogP contribution in [0.1, 0.15) is 48.5 Å². The van der Waals surface area contributed by atoms with Gasteiger partial charge in [-0.25, -0.2) is 4.79 Å². The zero-order valence-electron chi connectivity index (χ0n) is 20.7. The average molecular weight is 488 g/mol. The Labute approximate surface area is 199 Å². The smallest absolute Gasteiger partial charge is 0.408 e. The number of amides is 5. The standard InChI is InChI=1S/C21H37N5O8/c1-11(2)16(18(31)24-10-15(29)30)25-14(28)9-22-13(27)8-23-19(32)17(12(3)4)26-20(33)34-21(5,6)7/h11-12,16-17H,8-10H2,1-7H3,(H,22,27)(H,23,32)(H,24,31)(H,25,28)(H,26,33)(H,29,30)/t16-,17-/m0/s1. The van der Waals surface area contributed by atoms with Crippen LogP contribution in [0.2, 0.25) is 0 Å². The lowest BCUT2D eigenvalue weighted by molar-refractivity contribution is -0.138. The Hall–Kier alpha value is -3.38. The van der Waals surface area contributed by atoms with E-state index in [0.29, 0.717) is 0 Å². The number of hydrogen-bond acceptors (Lipinski definition) is 7. The van der Waals surface area contributed by atoms with Gasteiger partial charge in [-0.05, 0) is 32.6 Å². The number of carboxylic acid groups (broad SMARTS) is 1. The number of aliphatic carboxylic acids is 1. The summed E-state index contributed by atoms with van der Waals surface area (Å²) < 4.78 is 5.14. The lowest BCUT2D eigenvalue weighted by atomic mass is 10.0. The molecule has 0 aliphatic rings. The minimum absolute atomic E-state index is 0.290. The fourth-order valence-corrected chi connectivity index (χ4v) is 2.52. The van der Waals surface area contributed by atoms with Gasteiger partial charge >= 0.3 is 12.1 Å². The van der Waals surface area contributed by atoms with Crippen LogP contribution in [-0.4, -0.2) is 78.1 Å². The molecule has 13 heteroatoms. The van der Waals surface area contributed by atoms with Gasteiger partial charge in [0.2, 0.25) is 23.6 Å². The zero-order chi connectivity index (χ0) is 26.6. The van der Waals surface area contributed by atoms with Gasteiger partial charge in [-0.2, -0.15) is 0 Å². The van der Waals surface area contributed by atoms with Crippen molar-refractivity contribution in [2.75, 3.05) is 19.6 Å². The van der Waals surface area contributed by atoms with E-state index >= 15 is 0 Å². The number of hydrogen-bond donors (Lipinski definition) is 6. The predicted molar refractivity (Wildman–Crippen MR) is 121 cm³/mol. The number of carbonyl (C=O) groups is 6. The first-order chi connectivity index (χ1) is 15.5. The van der Waals surface area contributed by atoms with Gasteiger partial charge in [-0.1, -0.05) is 27.7 Å². The van der Waals surface area contributed by atoms with Gasteiger partial charge in [-0.3, -0.25) is 24.0 Å². The third-order valence-electron chi connectivity index (χ3n) is 4.17. The summed E-state index contributed by atoms with van der Waals surface area (Å²) in [5.41, 5.74) is -0.742. The van der Waals surface area contributed by atoms with E-state index in [4.69, 9.17) is 9.84 Å². The van der Waals surface area contributed by atoms with Crippen molar-refractivity contribution >= 4 is 35.7 Å². The maximum Gasteiger partial charge on any atom is 0.408 e. The van der Waals surface area contributed by atoms with Crippen LogP contribution in [-0.2, 0) is 28.7 Å². The van der Waals surface area contributed by atoms with Gasteiger partial charge in [0.15, 0.2) is 0 Å². The molecular weight excluding hydrogens is 450 g/mol. The molecule has 5 amide bonds. The fraction of sp³-hybridized carbons (Fsp3) is 0.714. The van der Waals surface area contributed by atoms with Crippen LogP contribution in [0.15, 0.2) is 0 Å². The van der Waals surface area contributed by atoms with Crippen molar-refractivity contribution in [2.45, 2.75) is 66.2 Å². The van der Waals surface area contributed by atoms with Gasteiger partial charge in [-0.15, -0.1) is 0 Å². The number of carbonyl (C=O) groups excluding carboxylic acids is 5. The summed E-state index contributed by atoms with van der Waals surface area (Å²) >= 11 is 0. The van der Waals surface area contributed by atoms with E-state index < -0.39 is 73.0 Å². The quantitative estimate of drug-likeness (QED) is 0.204. The first-order valence-electron chi connectivity index (χ1n) is 10.9. The molecule has 0 aromatic heterocycles. The molecule has 0 heterocycles. The molecule has 0 fully saturated rings. The molecule has 2 atom stereocenters. The van der Waals surface area contributed by atoms with E-state index in [1.165, 1.54) is 0 Å². The second kappa shape index (κ2) is 14.0. The highest BCUT2D eigenvalue weighted by Gasteiger charge is 2.27. The minimum Gasteiger partial charge on any atom is -0.480 e. The van der Waals surface area contributed by atoms with Crippen LogP contribution in [0, 0.1) is 11.8 Å². The lowest BCUT2D eigenvalue weighted by Gasteiger charge is -2.25. The largest absolute Gasteiger partial charge is 0.480 e. The van der Waals surface area contributed by atoms with E-state index in [1.807, 2.05) is 0 Å². The van der Waals surface area contributed by atoms with E-state index in [0.717, 1.165) is 0 Å². The second-order valence-corrected chi connectivity index (χ2v) is 9.26. The van der Waals surface area contributed by atoms with E-state index in [-0.39, 0.29) is 11.8 Å². The number of rotatable bonds is 12. The van der Waals surface area contributed by atoms with Crippen molar-refractivity contribution in [3.05, 3.63) is 0 Å². The molecule has 13 nitrogen and oxygen atoms in total. The summed E-state index contributed by atoms with van der Waals surface area (Å²) in [7, 11) is 0. The first-order valence-corrected chi connectivity index (χ1v) is 10.9. The zero-order valence-corrected chi connectivity index (χ0v) is 20.7. The molecule has 0 aliphatic heterocycles. The number of nitrogens with one attached hydrogen (secondary N) is 5. The Bertz CT molecular complexity index is 761. The molecule has 0 spiro atoms. The van der Waals surface area contributed by atoms with Crippen LogP contribution in [0.25, 0.3) is 0 Å². The van der Waals surface area contributed by atoms with E-state index in [2.05, 4.69) is 26.6 Å². The molecule has 0 unspecified atom stereocenters. The maximum atomic E-state index is 12.4. The monoisotopic (exact) mass is 487 g/mol. The molecule has 6 N–H and O–H groups in total. The highest BCUT2D eigenvalue weighted by atomic mass is 16.6. The summed E-state index contributed by atoms with van der Waals surface area (Å²) in [6.07, 6.45) is -0.769. The SMILES string of the molecule is CC(C)[C@H](NC(=O)CNC(=O)CNC(=O)[C@@H](NC(=O)OC(C)(C)C)C(C)C)C(=O)NCC(=O)O. The first kappa shape index (κ1) is 30.6. The molecule has 0 radical (unpaired) electrons. The summed E-state index contributed by atoms with van der Waals surface area (Å²) in [6.45, 7) is 10.3. The Balaban J connectivity index is 4.65. The molecule has 0 bridgehead atoms. The third kappa shape index (κ3) is 13.2. The van der Waals surface area contributed by atoms with Crippen LogP contribution in [0.4, 0.5) is 4.79 Å². The maximum absolute atomic E-state index is 12.4. The van der Waals surface area contributed by atoms with Gasteiger partial charge in [0, 0.05) is 0 Å².